The van der Waals surface area contributed by atoms with E-state index in [-0.39, 0.29) is 24.3 Å². The number of hydrogen-bond donors (Lipinski definition) is 3. The zero-order chi connectivity index (χ0) is 46.0. The number of fused-ring (bicyclic) bond motifs is 8. The SMILES string of the molecule is CC(=O)O[C@@]12CO[C@@H]1CC[C@@]1(C)C3O[C@H](CN4CCOCC4)OC3C3=C(C)[C@@H](OC(=O)[C@H](O)[C@@H](NC(=O)C(C)(C)C)c4ccccn4)C[C@@](O)(C(OC(=O)c4ccccc4)C12)C3(C)C. The van der Waals surface area contributed by atoms with E-state index in [4.69, 9.17) is 33.2 Å². The first-order chi connectivity index (χ1) is 30.2. The Balaban J connectivity index is 1.27. The van der Waals surface area contributed by atoms with Crippen LogP contribution in [0.25, 0.3) is 0 Å². The molecule has 1 aromatic carbocycles. The van der Waals surface area contributed by atoms with Crippen molar-refractivity contribution in [2.24, 2.45) is 22.2 Å². The van der Waals surface area contributed by atoms with Crippen LogP contribution in [0.5, 0.6) is 0 Å². The summed E-state index contributed by atoms with van der Waals surface area (Å²) in [6, 6.07) is 12.1. The zero-order valence-electron chi connectivity index (χ0n) is 38.0. The molecule has 8 rings (SSSR count). The van der Waals surface area contributed by atoms with Gasteiger partial charge in [0.2, 0.25) is 5.91 Å². The van der Waals surface area contributed by atoms with Gasteiger partial charge in [0.25, 0.3) is 0 Å². The molecule has 16 nitrogen and oxygen atoms in total. The first-order valence-corrected chi connectivity index (χ1v) is 22.4. The van der Waals surface area contributed by atoms with Gasteiger partial charge >= 0.3 is 17.9 Å². The minimum absolute atomic E-state index is 0.0234. The molecule has 3 aliphatic carbocycles. The van der Waals surface area contributed by atoms with Crippen molar-refractivity contribution in [3.8, 4) is 0 Å². The van der Waals surface area contributed by atoms with Crippen molar-refractivity contribution in [2.75, 3.05) is 39.5 Å². The molecule has 16 heteroatoms. The maximum atomic E-state index is 14.5. The van der Waals surface area contributed by atoms with Crippen LogP contribution in [0, 0.1) is 22.2 Å². The molecule has 0 radical (unpaired) electrons. The summed E-state index contributed by atoms with van der Waals surface area (Å²) in [5.41, 5.74) is -4.92. The third kappa shape index (κ3) is 7.96. The number of amides is 1. The molecule has 348 valence electrons. The minimum Gasteiger partial charge on any atom is -0.456 e. The van der Waals surface area contributed by atoms with Gasteiger partial charge in [-0.15, -0.1) is 0 Å². The lowest BCUT2D eigenvalue weighted by atomic mass is 9.45. The van der Waals surface area contributed by atoms with E-state index in [0.717, 1.165) is 0 Å². The second kappa shape index (κ2) is 17.2. The number of nitrogens with zero attached hydrogens (tertiary/aromatic N) is 2. The number of aliphatic hydroxyl groups is 2. The van der Waals surface area contributed by atoms with Crippen molar-refractivity contribution in [1.82, 2.24) is 15.2 Å². The van der Waals surface area contributed by atoms with E-state index in [2.05, 4.69) is 15.2 Å². The lowest BCUT2D eigenvalue weighted by molar-refractivity contribution is -0.345. The Labute approximate surface area is 374 Å². The topological polar surface area (TPSA) is 202 Å². The van der Waals surface area contributed by atoms with E-state index >= 15 is 0 Å². The van der Waals surface area contributed by atoms with Crippen molar-refractivity contribution in [1.29, 1.82) is 0 Å². The first kappa shape index (κ1) is 46.2. The number of hydrogen-bond acceptors (Lipinski definition) is 15. The Morgan fingerprint density at radius 1 is 1.00 bits per heavy atom. The number of morpholine rings is 1. The van der Waals surface area contributed by atoms with Gasteiger partial charge in [0.15, 0.2) is 18.0 Å². The Morgan fingerprint density at radius 2 is 1.70 bits per heavy atom. The van der Waals surface area contributed by atoms with E-state index < -0.39 is 106 Å². The average molecular weight is 890 g/mol. The van der Waals surface area contributed by atoms with Crippen molar-refractivity contribution in [3.05, 3.63) is 77.1 Å². The number of carbonyl (C=O) groups excluding carboxylic acids is 4. The standard InChI is InChI=1S/C48H63N3O13/c1-27-31(60-42(55)36(53)35(30-16-12-13-19-49-30)50-43(56)44(3,4)5)24-48(57)40(63-41(54)29-14-10-9-11-15-29)38-46(8,18-17-32-47(38,26-59-32)64-28(2)52)39-37(34(27)45(48,6)7)61-33(62-39)25-51-20-22-58-23-21-51/h9-16,19,31-33,35-40,53,57H,17-18,20-26H2,1-8H3,(H,50,56)/t31-,32+,33+,35-,36+,37?,38?,39?,40?,46+,47-,48+/m0/s1. The summed E-state index contributed by atoms with van der Waals surface area (Å²) in [6.07, 6.45) is -5.31. The predicted molar refractivity (Wildman–Crippen MR) is 228 cm³/mol. The summed E-state index contributed by atoms with van der Waals surface area (Å²) >= 11 is 0. The van der Waals surface area contributed by atoms with Crippen LogP contribution < -0.4 is 5.32 Å². The van der Waals surface area contributed by atoms with Crippen LogP contribution in [-0.4, -0.2) is 137 Å². The molecular formula is C48H63N3O13. The molecule has 4 heterocycles. The van der Waals surface area contributed by atoms with Gasteiger partial charge in [-0.3, -0.25) is 19.5 Å². The number of rotatable bonds is 10. The summed E-state index contributed by atoms with van der Waals surface area (Å²) in [7, 11) is 0. The fourth-order valence-corrected chi connectivity index (χ4v) is 11.3. The molecule has 0 spiro atoms. The molecule has 2 saturated carbocycles. The number of ether oxygens (including phenoxy) is 7. The Hall–Kier alpha value is -4.29. The van der Waals surface area contributed by atoms with Gasteiger partial charge < -0.3 is 48.7 Å². The van der Waals surface area contributed by atoms with E-state index in [1.807, 2.05) is 27.7 Å². The fourth-order valence-electron chi connectivity index (χ4n) is 11.3. The van der Waals surface area contributed by atoms with Crippen LogP contribution >= 0.6 is 0 Å². The summed E-state index contributed by atoms with van der Waals surface area (Å²) in [6.45, 7) is 16.9. The number of esters is 3. The van der Waals surface area contributed by atoms with Gasteiger partial charge in [0, 0.05) is 55.4 Å². The largest absolute Gasteiger partial charge is 0.456 e. The quantitative estimate of drug-likeness (QED) is 0.176. The lowest BCUT2D eigenvalue weighted by Crippen LogP contribution is -2.79. The van der Waals surface area contributed by atoms with Gasteiger partial charge in [0.05, 0.1) is 43.1 Å². The number of aromatic nitrogens is 1. The molecule has 64 heavy (non-hydrogen) atoms. The molecule has 1 aromatic heterocycles. The van der Waals surface area contributed by atoms with Crippen LogP contribution in [0.4, 0.5) is 0 Å². The van der Waals surface area contributed by atoms with Crippen molar-refractivity contribution < 1.29 is 62.5 Å². The highest BCUT2D eigenvalue weighted by Crippen LogP contribution is 2.66. The molecule has 3 N–H and O–H groups in total. The van der Waals surface area contributed by atoms with Gasteiger partial charge in [0.1, 0.15) is 36.1 Å². The van der Waals surface area contributed by atoms with E-state index in [1.165, 1.54) is 13.1 Å². The van der Waals surface area contributed by atoms with E-state index in [9.17, 15) is 29.4 Å². The number of nitrogens with one attached hydrogen (secondary N) is 1. The summed E-state index contributed by atoms with van der Waals surface area (Å²) in [5.74, 6) is -3.73. The second-order valence-corrected chi connectivity index (χ2v) is 20.2. The molecule has 12 atom stereocenters. The van der Waals surface area contributed by atoms with Crippen LogP contribution in [0.15, 0.2) is 65.9 Å². The Bertz CT molecular complexity index is 2120. The van der Waals surface area contributed by atoms with E-state index in [1.54, 1.807) is 69.3 Å². The number of pyridine rings is 1. The van der Waals surface area contributed by atoms with E-state index in [0.29, 0.717) is 56.8 Å². The van der Waals surface area contributed by atoms with Crippen LogP contribution in [-0.2, 0) is 47.5 Å². The predicted octanol–water partition coefficient (Wildman–Crippen LogP) is 3.83. The Morgan fingerprint density at radius 3 is 2.33 bits per heavy atom. The molecule has 1 amide bonds. The third-order valence-corrected chi connectivity index (χ3v) is 14.9. The summed E-state index contributed by atoms with van der Waals surface area (Å²) in [5, 5.41) is 28.6. The van der Waals surface area contributed by atoms with Crippen molar-refractivity contribution in [3.63, 3.8) is 0 Å². The number of benzene rings is 1. The normalized spacial score (nSPS) is 35.4. The first-order valence-electron chi connectivity index (χ1n) is 22.4. The molecule has 3 saturated heterocycles. The van der Waals surface area contributed by atoms with Crippen LogP contribution in [0.3, 0.4) is 0 Å². The molecule has 2 bridgehead atoms. The lowest BCUT2D eigenvalue weighted by Gasteiger charge is -2.68. The monoisotopic (exact) mass is 889 g/mol. The van der Waals surface area contributed by atoms with Gasteiger partial charge in [-0.2, -0.15) is 0 Å². The highest BCUT2D eigenvalue weighted by atomic mass is 16.7. The van der Waals surface area contributed by atoms with Gasteiger partial charge in [-0.1, -0.05) is 65.8 Å². The molecule has 5 fully saturated rings. The third-order valence-electron chi connectivity index (χ3n) is 14.9. The summed E-state index contributed by atoms with van der Waals surface area (Å²) < 4.78 is 45.3. The summed E-state index contributed by atoms with van der Waals surface area (Å²) in [4.78, 5) is 62.1. The van der Waals surface area contributed by atoms with Gasteiger partial charge in [-0.05, 0) is 55.2 Å². The fraction of sp³-hybridized carbons (Fsp3) is 0.646. The average Bonchev–Trinajstić information content (AvgIpc) is 3.66. The number of aliphatic hydroxyl groups excluding tert-OH is 1. The molecule has 6 aliphatic rings. The number of carbonyl (C=O) groups is 4. The Kier molecular flexibility index (Phi) is 12.4. The van der Waals surface area contributed by atoms with Crippen LogP contribution in [0.1, 0.15) is 96.7 Å². The maximum absolute atomic E-state index is 14.5. The van der Waals surface area contributed by atoms with Crippen molar-refractivity contribution >= 4 is 23.8 Å². The molecule has 3 aliphatic heterocycles. The zero-order valence-corrected chi connectivity index (χ0v) is 38.0. The molecule has 2 aromatic rings. The smallest absolute Gasteiger partial charge is 0.338 e. The molecule has 4 unspecified atom stereocenters. The molecular weight excluding hydrogens is 827 g/mol. The maximum Gasteiger partial charge on any atom is 0.338 e. The second-order valence-electron chi connectivity index (χ2n) is 20.2. The van der Waals surface area contributed by atoms with Crippen LogP contribution in [0.2, 0.25) is 0 Å². The van der Waals surface area contributed by atoms with Gasteiger partial charge in [-0.25, -0.2) is 9.59 Å². The van der Waals surface area contributed by atoms with Crippen molar-refractivity contribution in [2.45, 2.75) is 135 Å². The minimum atomic E-state index is -2.06. The highest BCUT2D eigenvalue weighted by molar-refractivity contribution is 5.89. The highest BCUT2D eigenvalue weighted by Gasteiger charge is 2.77.